The Morgan fingerprint density at radius 3 is 1.45 bits per heavy atom. The summed E-state index contributed by atoms with van der Waals surface area (Å²) in [5.41, 5.74) is 1.16. The Kier molecular flexibility index (Phi) is 11.7. The van der Waals surface area contributed by atoms with Crippen molar-refractivity contribution in [2.45, 2.75) is 41.0 Å². The van der Waals surface area contributed by atoms with Gasteiger partial charge in [0.25, 0.3) is 0 Å². The number of aromatic nitrogens is 2. The molecular formula is C19H28N2S. The van der Waals surface area contributed by atoms with Crippen LogP contribution < -0.4 is 0 Å². The molecule has 0 aliphatic heterocycles. The van der Waals surface area contributed by atoms with Gasteiger partial charge >= 0.3 is 0 Å². The Morgan fingerprint density at radius 1 is 0.818 bits per heavy atom. The van der Waals surface area contributed by atoms with E-state index < -0.39 is 0 Å². The van der Waals surface area contributed by atoms with Gasteiger partial charge in [0.15, 0.2) is 4.77 Å². The molecule has 0 unspecified atom stereocenters. The van der Waals surface area contributed by atoms with E-state index in [1.54, 1.807) is 0 Å². The van der Waals surface area contributed by atoms with Crippen LogP contribution in [0, 0.1) is 4.77 Å². The van der Waals surface area contributed by atoms with Crippen molar-refractivity contribution >= 4 is 23.0 Å². The molecule has 0 aliphatic rings. The van der Waals surface area contributed by atoms with Crippen LogP contribution in [-0.2, 0) is 6.42 Å². The third kappa shape index (κ3) is 7.23. The quantitative estimate of drug-likeness (QED) is 0.491. The highest BCUT2D eigenvalue weighted by Gasteiger charge is 1.85. The first-order valence-corrected chi connectivity index (χ1v) is 8.41. The lowest BCUT2D eigenvalue weighted by Gasteiger charge is -1.92. The molecule has 0 fully saturated rings. The van der Waals surface area contributed by atoms with Crippen molar-refractivity contribution in [3.05, 3.63) is 65.2 Å². The minimum Gasteiger partial charge on any atom is -0.337 e. The fraction of sp³-hybridized carbons (Fsp3) is 0.316. The highest BCUT2D eigenvalue weighted by molar-refractivity contribution is 7.71. The van der Waals surface area contributed by atoms with Crippen molar-refractivity contribution in [3.63, 3.8) is 0 Å². The highest BCUT2D eigenvalue weighted by atomic mass is 32.1. The molecule has 0 atom stereocenters. The van der Waals surface area contributed by atoms with Crippen LogP contribution in [-0.4, -0.2) is 9.97 Å². The predicted molar refractivity (Wildman–Crippen MR) is 102 cm³/mol. The van der Waals surface area contributed by atoms with E-state index in [1.165, 1.54) is 10.8 Å². The maximum atomic E-state index is 4.79. The molecule has 2 N–H and O–H groups in total. The molecule has 3 heteroatoms. The van der Waals surface area contributed by atoms with Crippen molar-refractivity contribution < 1.29 is 0 Å². The second-order valence-corrected chi connectivity index (χ2v) is 4.38. The van der Waals surface area contributed by atoms with E-state index in [-0.39, 0.29) is 0 Å². The lowest BCUT2D eigenvalue weighted by atomic mass is 10.1. The Balaban J connectivity index is 0.000000333. The summed E-state index contributed by atoms with van der Waals surface area (Å²) < 4.78 is 0.710. The molecule has 120 valence electrons. The minimum absolute atomic E-state index is 0.710. The van der Waals surface area contributed by atoms with Gasteiger partial charge in [0.05, 0.1) is 0 Å². The van der Waals surface area contributed by atoms with Crippen molar-refractivity contribution in [2.24, 2.45) is 0 Å². The zero-order chi connectivity index (χ0) is 16.8. The lowest BCUT2D eigenvalue weighted by molar-refractivity contribution is 1.06. The number of nitrogens with one attached hydrogen (secondary N) is 2. The Labute approximate surface area is 139 Å². The van der Waals surface area contributed by atoms with Gasteiger partial charge in [0.1, 0.15) is 0 Å². The summed E-state index contributed by atoms with van der Waals surface area (Å²) >= 11 is 4.79. The number of imidazole rings is 1. The first-order valence-electron chi connectivity index (χ1n) is 8.00. The molecule has 2 aromatic carbocycles. The molecule has 0 aliphatic carbocycles. The van der Waals surface area contributed by atoms with Gasteiger partial charge in [0, 0.05) is 11.9 Å². The van der Waals surface area contributed by atoms with Crippen LogP contribution in [0.15, 0.2) is 54.7 Å². The average molecular weight is 317 g/mol. The van der Waals surface area contributed by atoms with Gasteiger partial charge in [-0.3, -0.25) is 0 Å². The number of H-pyrrole nitrogens is 2. The number of benzene rings is 2. The Hall–Kier alpha value is -1.87. The van der Waals surface area contributed by atoms with Crippen LogP contribution in [0.2, 0.25) is 0 Å². The summed E-state index contributed by atoms with van der Waals surface area (Å²) in [6.07, 6.45) is 2.90. The van der Waals surface area contributed by atoms with Gasteiger partial charge in [-0.15, -0.1) is 0 Å². The van der Waals surface area contributed by atoms with E-state index in [2.05, 4.69) is 65.4 Å². The second-order valence-electron chi connectivity index (χ2n) is 3.97. The zero-order valence-corrected chi connectivity index (χ0v) is 15.1. The molecule has 0 bridgehead atoms. The molecule has 0 amide bonds. The van der Waals surface area contributed by atoms with Gasteiger partial charge in [-0.25, -0.2) is 0 Å². The standard InChI is InChI=1S/C10H8.C5H8N2S.2C2H6/c1-2-6-10-8-4-3-7-9(10)5-1;1-2-4-3-6-5(8)7-4;2*1-2/h1-8H;3H,2H2,1H3,(H2,6,7,8);2*1-2H3. The monoisotopic (exact) mass is 316 g/mol. The number of rotatable bonds is 1. The molecule has 0 spiro atoms. The van der Waals surface area contributed by atoms with E-state index in [9.17, 15) is 0 Å². The Morgan fingerprint density at radius 2 is 1.23 bits per heavy atom. The molecule has 3 aromatic rings. The summed E-state index contributed by atoms with van der Waals surface area (Å²) in [7, 11) is 0. The number of fused-ring (bicyclic) bond motifs is 1. The van der Waals surface area contributed by atoms with Gasteiger partial charge in [-0.2, -0.15) is 0 Å². The van der Waals surface area contributed by atoms with Gasteiger partial charge in [0.2, 0.25) is 0 Å². The van der Waals surface area contributed by atoms with Crippen LogP contribution in [0.1, 0.15) is 40.3 Å². The van der Waals surface area contributed by atoms with E-state index in [4.69, 9.17) is 12.2 Å². The molecule has 3 rings (SSSR count). The first kappa shape index (κ1) is 20.1. The third-order valence-corrected chi connectivity index (χ3v) is 2.91. The average Bonchev–Trinajstić information content (AvgIpc) is 3.05. The van der Waals surface area contributed by atoms with Crippen molar-refractivity contribution in [2.75, 3.05) is 0 Å². The van der Waals surface area contributed by atoms with Crippen molar-refractivity contribution in [3.8, 4) is 0 Å². The van der Waals surface area contributed by atoms with Gasteiger partial charge in [-0.05, 0) is 29.4 Å². The molecular weight excluding hydrogens is 288 g/mol. The van der Waals surface area contributed by atoms with E-state index >= 15 is 0 Å². The van der Waals surface area contributed by atoms with E-state index in [1.807, 2.05) is 33.9 Å². The molecule has 1 aromatic heterocycles. The minimum atomic E-state index is 0.710. The Bertz CT molecular complexity index is 603. The van der Waals surface area contributed by atoms with Crippen LogP contribution in [0.3, 0.4) is 0 Å². The van der Waals surface area contributed by atoms with Crippen molar-refractivity contribution in [1.29, 1.82) is 0 Å². The summed E-state index contributed by atoms with van der Waals surface area (Å²) in [5, 5.41) is 2.62. The van der Waals surface area contributed by atoms with Crippen LogP contribution in [0.25, 0.3) is 10.8 Å². The molecule has 0 saturated carbocycles. The van der Waals surface area contributed by atoms with Crippen LogP contribution in [0.4, 0.5) is 0 Å². The first-order chi connectivity index (χ1) is 10.8. The maximum Gasteiger partial charge on any atom is 0.174 e. The number of aromatic amines is 2. The number of hydrogen-bond donors (Lipinski definition) is 2. The molecule has 22 heavy (non-hydrogen) atoms. The van der Waals surface area contributed by atoms with E-state index in [0.29, 0.717) is 4.77 Å². The SMILES string of the molecule is CC.CC.CCc1c[nH]c(=S)[nH]1.c1ccc2ccccc2c1. The summed E-state index contributed by atoms with van der Waals surface area (Å²) in [4.78, 5) is 5.86. The second kappa shape index (κ2) is 12.8. The zero-order valence-electron chi connectivity index (χ0n) is 14.3. The maximum absolute atomic E-state index is 4.79. The van der Waals surface area contributed by atoms with Gasteiger partial charge < -0.3 is 9.97 Å². The van der Waals surface area contributed by atoms with Gasteiger partial charge in [-0.1, -0.05) is 83.1 Å². The fourth-order valence-corrected chi connectivity index (χ4v) is 1.88. The molecule has 0 saturated heterocycles. The predicted octanol–water partition coefficient (Wildman–Crippen LogP) is 6.53. The summed E-state index contributed by atoms with van der Waals surface area (Å²) in [6, 6.07) is 16.7. The van der Waals surface area contributed by atoms with Crippen molar-refractivity contribution in [1.82, 2.24) is 9.97 Å². The highest BCUT2D eigenvalue weighted by Crippen LogP contribution is 2.11. The number of aryl methyl sites for hydroxylation is 1. The third-order valence-electron chi connectivity index (χ3n) is 2.69. The number of hydrogen-bond acceptors (Lipinski definition) is 1. The topological polar surface area (TPSA) is 31.6 Å². The normalized spacial score (nSPS) is 8.59. The largest absolute Gasteiger partial charge is 0.337 e. The summed E-state index contributed by atoms with van der Waals surface area (Å²) in [6.45, 7) is 10.1. The smallest absolute Gasteiger partial charge is 0.174 e. The lowest BCUT2D eigenvalue weighted by Crippen LogP contribution is -1.74. The molecule has 1 heterocycles. The molecule has 0 radical (unpaired) electrons. The fourth-order valence-electron chi connectivity index (χ4n) is 1.69. The van der Waals surface area contributed by atoms with Crippen LogP contribution in [0.5, 0.6) is 0 Å². The van der Waals surface area contributed by atoms with Crippen LogP contribution >= 0.6 is 12.2 Å². The molecule has 2 nitrogen and oxygen atoms in total. The summed E-state index contributed by atoms with van der Waals surface area (Å²) in [5.74, 6) is 0. The van der Waals surface area contributed by atoms with E-state index in [0.717, 1.165) is 12.1 Å².